The monoisotopic (exact) mass is 305 g/mol. The lowest BCUT2D eigenvalue weighted by Crippen LogP contribution is -2.28. The Balaban J connectivity index is 1.84. The number of nitrogens with one attached hydrogen (secondary N) is 1. The van der Waals surface area contributed by atoms with Gasteiger partial charge in [-0.1, -0.05) is 12.1 Å². The lowest BCUT2D eigenvalue weighted by atomic mass is 9.99. The maximum Gasteiger partial charge on any atom is 0.259 e. The number of anilines is 1. The minimum atomic E-state index is -0.0847. The van der Waals surface area contributed by atoms with Crippen LogP contribution in [0.1, 0.15) is 18.9 Å². The zero-order valence-electron chi connectivity index (χ0n) is 13.2. The number of rotatable bonds is 2. The van der Waals surface area contributed by atoms with Gasteiger partial charge in [-0.15, -0.1) is 0 Å². The van der Waals surface area contributed by atoms with E-state index in [1.165, 1.54) is 17.7 Å². The van der Waals surface area contributed by atoms with Crippen LogP contribution in [0.15, 0.2) is 47.3 Å². The number of nitrogens with zero attached hydrogens (tertiary/aromatic N) is 2. The molecule has 0 unspecified atom stereocenters. The quantitative estimate of drug-likeness (QED) is 0.790. The third kappa shape index (κ3) is 2.40. The third-order valence-corrected chi connectivity index (χ3v) is 4.56. The van der Waals surface area contributed by atoms with Gasteiger partial charge >= 0.3 is 0 Å². The SMILES string of the molecule is CCN1CCCc2cc(-c3nc4ccccc4c(=O)[nH]3)ccc21. The van der Waals surface area contributed by atoms with Crippen molar-refractivity contribution >= 4 is 16.6 Å². The van der Waals surface area contributed by atoms with E-state index >= 15 is 0 Å². The molecule has 0 bridgehead atoms. The van der Waals surface area contributed by atoms with Crippen LogP contribution in [0.25, 0.3) is 22.3 Å². The fraction of sp³-hybridized carbons (Fsp3) is 0.263. The molecule has 4 nitrogen and oxygen atoms in total. The number of aromatic nitrogens is 2. The van der Waals surface area contributed by atoms with Crippen molar-refractivity contribution in [3.05, 3.63) is 58.4 Å². The number of hydrogen-bond donors (Lipinski definition) is 1. The van der Waals surface area contributed by atoms with Crippen LogP contribution in [0.2, 0.25) is 0 Å². The predicted octanol–water partition coefficient (Wildman–Crippen LogP) is 3.36. The lowest BCUT2D eigenvalue weighted by Gasteiger charge is -2.30. The molecule has 1 N–H and O–H groups in total. The number of benzene rings is 2. The van der Waals surface area contributed by atoms with Crippen LogP contribution < -0.4 is 10.5 Å². The van der Waals surface area contributed by atoms with E-state index in [4.69, 9.17) is 0 Å². The molecule has 3 aromatic rings. The largest absolute Gasteiger partial charge is 0.372 e. The molecule has 4 heteroatoms. The summed E-state index contributed by atoms with van der Waals surface area (Å²) in [6, 6.07) is 13.8. The molecule has 4 rings (SSSR count). The number of H-pyrrole nitrogens is 1. The molecular weight excluding hydrogens is 286 g/mol. The Morgan fingerprint density at radius 3 is 2.96 bits per heavy atom. The van der Waals surface area contributed by atoms with E-state index in [1.54, 1.807) is 6.07 Å². The molecule has 2 aromatic carbocycles. The van der Waals surface area contributed by atoms with Crippen molar-refractivity contribution < 1.29 is 0 Å². The second-order valence-electron chi connectivity index (χ2n) is 5.96. The van der Waals surface area contributed by atoms with Crippen molar-refractivity contribution in [1.29, 1.82) is 0 Å². The molecular formula is C19H19N3O. The molecule has 0 fully saturated rings. The molecule has 0 saturated carbocycles. The van der Waals surface area contributed by atoms with E-state index in [9.17, 15) is 4.79 Å². The summed E-state index contributed by atoms with van der Waals surface area (Å²) in [6.07, 6.45) is 2.25. The summed E-state index contributed by atoms with van der Waals surface area (Å²) in [5.41, 5.74) is 4.28. The highest BCUT2D eigenvalue weighted by atomic mass is 16.1. The van der Waals surface area contributed by atoms with Crippen LogP contribution in [0.5, 0.6) is 0 Å². The summed E-state index contributed by atoms with van der Waals surface area (Å²) in [6.45, 7) is 4.33. The predicted molar refractivity (Wildman–Crippen MR) is 94.0 cm³/mol. The fourth-order valence-corrected chi connectivity index (χ4v) is 3.37. The molecule has 2 heterocycles. The fourth-order valence-electron chi connectivity index (χ4n) is 3.37. The van der Waals surface area contributed by atoms with Gasteiger partial charge in [0, 0.05) is 24.3 Å². The van der Waals surface area contributed by atoms with Crippen molar-refractivity contribution in [2.45, 2.75) is 19.8 Å². The van der Waals surface area contributed by atoms with Gasteiger partial charge in [-0.3, -0.25) is 4.79 Å². The number of aromatic amines is 1. The van der Waals surface area contributed by atoms with Gasteiger partial charge in [0.25, 0.3) is 5.56 Å². The Bertz CT molecular complexity index is 929. The molecule has 0 atom stereocenters. The number of fused-ring (bicyclic) bond motifs is 2. The summed E-state index contributed by atoms with van der Waals surface area (Å²) in [4.78, 5) is 22.2. The molecule has 1 aliphatic rings. The number of hydrogen-bond acceptors (Lipinski definition) is 3. The van der Waals surface area contributed by atoms with E-state index in [1.807, 2.05) is 18.2 Å². The van der Waals surface area contributed by atoms with E-state index < -0.39 is 0 Å². The van der Waals surface area contributed by atoms with Gasteiger partial charge < -0.3 is 9.88 Å². The Labute approximate surface area is 134 Å². The van der Waals surface area contributed by atoms with Gasteiger partial charge in [0.2, 0.25) is 0 Å². The topological polar surface area (TPSA) is 49.0 Å². The minimum absolute atomic E-state index is 0.0847. The molecule has 0 aliphatic carbocycles. The highest BCUT2D eigenvalue weighted by Crippen LogP contribution is 2.30. The molecule has 1 aliphatic heterocycles. The molecule has 0 radical (unpaired) electrons. The van der Waals surface area contributed by atoms with Gasteiger partial charge in [-0.2, -0.15) is 0 Å². The first-order valence-electron chi connectivity index (χ1n) is 8.13. The minimum Gasteiger partial charge on any atom is -0.372 e. The Kier molecular flexibility index (Phi) is 3.37. The summed E-state index contributed by atoms with van der Waals surface area (Å²) in [5.74, 6) is 0.644. The Morgan fingerprint density at radius 2 is 2.09 bits per heavy atom. The van der Waals surface area contributed by atoms with E-state index in [-0.39, 0.29) is 5.56 Å². The number of para-hydroxylation sites is 1. The van der Waals surface area contributed by atoms with E-state index in [0.717, 1.165) is 30.6 Å². The maximum absolute atomic E-state index is 12.3. The lowest BCUT2D eigenvalue weighted by molar-refractivity contribution is 0.708. The maximum atomic E-state index is 12.3. The average molecular weight is 305 g/mol. The van der Waals surface area contributed by atoms with Crippen LogP contribution in [0.4, 0.5) is 5.69 Å². The van der Waals surface area contributed by atoms with Crippen molar-refractivity contribution in [1.82, 2.24) is 9.97 Å². The van der Waals surface area contributed by atoms with Gasteiger partial charge in [0.05, 0.1) is 10.9 Å². The van der Waals surface area contributed by atoms with Crippen LogP contribution >= 0.6 is 0 Å². The van der Waals surface area contributed by atoms with Gasteiger partial charge in [-0.25, -0.2) is 4.98 Å². The molecule has 0 saturated heterocycles. The molecule has 0 amide bonds. The van der Waals surface area contributed by atoms with Gasteiger partial charge in [-0.05, 0) is 55.7 Å². The third-order valence-electron chi connectivity index (χ3n) is 4.56. The summed E-state index contributed by atoms with van der Waals surface area (Å²) in [7, 11) is 0. The van der Waals surface area contributed by atoms with Crippen LogP contribution in [0.3, 0.4) is 0 Å². The molecule has 0 spiro atoms. The summed E-state index contributed by atoms with van der Waals surface area (Å²) in [5, 5.41) is 0.631. The van der Waals surface area contributed by atoms with E-state index in [0.29, 0.717) is 11.2 Å². The Hall–Kier alpha value is -2.62. The number of aryl methyl sites for hydroxylation is 1. The first-order valence-corrected chi connectivity index (χ1v) is 8.13. The highest BCUT2D eigenvalue weighted by molar-refractivity contribution is 5.79. The average Bonchev–Trinajstić information content (AvgIpc) is 2.60. The van der Waals surface area contributed by atoms with Crippen LogP contribution in [0, 0.1) is 0 Å². The normalized spacial score (nSPS) is 14.0. The molecule has 116 valence electrons. The van der Waals surface area contributed by atoms with Crippen molar-refractivity contribution in [2.75, 3.05) is 18.0 Å². The zero-order chi connectivity index (χ0) is 15.8. The van der Waals surface area contributed by atoms with Crippen molar-refractivity contribution in [3.8, 4) is 11.4 Å². The van der Waals surface area contributed by atoms with Gasteiger partial charge in [0.1, 0.15) is 5.82 Å². The molecule has 23 heavy (non-hydrogen) atoms. The standard InChI is InChI=1S/C19H19N3O/c1-2-22-11-5-6-13-12-14(9-10-17(13)22)18-20-16-8-4-3-7-15(16)19(23)21-18/h3-4,7-10,12H,2,5-6,11H2,1H3,(H,20,21,23). The summed E-state index contributed by atoms with van der Waals surface area (Å²) < 4.78 is 0. The summed E-state index contributed by atoms with van der Waals surface area (Å²) >= 11 is 0. The van der Waals surface area contributed by atoms with Crippen molar-refractivity contribution in [3.63, 3.8) is 0 Å². The van der Waals surface area contributed by atoms with Crippen molar-refractivity contribution in [2.24, 2.45) is 0 Å². The first-order chi connectivity index (χ1) is 11.3. The van der Waals surface area contributed by atoms with Gasteiger partial charge in [0.15, 0.2) is 0 Å². The van der Waals surface area contributed by atoms with Crippen LogP contribution in [-0.4, -0.2) is 23.1 Å². The van der Waals surface area contributed by atoms with Crippen LogP contribution in [-0.2, 0) is 6.42 Å². The second-order valence-corrected chi connectivity index (χ2v) is 5.96. The molecule has 1 aromatic heterocycles. The Morgan fingerprint density at radius 1 is 1.22 bits per heavy atom. The van der Waals surface area contributed by atoms with E-state index in [2.05, 4.69) is 40.0 Å². The highest BCUT2D eigenvalue weighted by Gasteiger charge is 2.16. The first kappa shape index (κ1) is 14.0. The second kappa shape index (κ2) is 5.54. The zero-order valence-corrected chi connectivity index (χ0v) is 13.2. The smallest absolute Gasteiger partial charge is 0.259 e.